The zero-order chi connectivity index (χ0) is 25.5. The maximum absolute atomic E-state index is 13.4. The molecule has 0 radical (unpaired) electrons. The number of sulfonamides is 2. The van der Waals surface area contributed by atoms with Gasteiger partial charge in [0, 0.05) is 34.9 Å². The van der Waals surface area contributed by atoms with Gasteiger partial charge in [0.25, 0.3) is 10.0 Å². The molecular formula is C24H22ClN3O6S2. The van der Waals surface area contributed by atoms with Crippen LogP contribution in [0, 0.1) is 0 Å². The Morgan fingerprint density at radius 2 is 1.67 bits per heavy atom. The van der Waals surface area contributed by atoms with Gasteiger partial charge in [-0.05, 0) is 48.5 Å². The van der Waals surface area contributed by atoms with Gasteiger partial charge < -0.3 is 10.1 Å². The first-order valence-corrected chi connectivity index (χ1v) is 14.3. The quantitative estimate of drug-likeness (QED) is 0.525. The fourth-order valence-corrected chi connectivity index (χ4v) is 7.48. The summed E-state index contributed by atoms with van der Waals surface area (Å²) in [5, 5.41) is 3.10. The van der Waals surface area contributed by atoms with E-state index in [-0.39, 0.29) is 22.9 Å². The number of nitrogens with zero attached hydrogens (tertiary/aromatic N) is 2. The summed E-state index contributed by atoms with van der Waals surface area (Å²) in [5.41, 5.74) is 1.81. The molecule has 0 saturated carbocycles. The highest BCUT2D eigenvalue weighted by Gasteiger charge is 2.36. The summed E-state index contributed by atoms with van der Waals surface area (Å²) < 4.78 is 60.0. The summed E-state index contributed by atoms with van der Waals surface area (Å²) in [7, 11) is -7.67. The molecule has 0 aromatic heterocycles. The monoisotopic (exact) mass is 547 g/mol. The lowest BCUT2D eigenvalue weighted by Crippen LogP contribution is -2.40. The van der Waals surface area contributed by atoms with Gasteiger partial charge in [-0.2, -0.15) is 4.31 Å². The summed E-state index contributed by atoms with van der Waals surface area (Å²) in [6.45, 7) is 0.764. The summed E-state index contributed by atoms with van der Waals surface area (Å²) in [6.07, 6.45) is 0. The van der Waals surface area contributed by atoms with Gasteiger partial charge in [0.15, 0.2) is 0 Å². The molecule has 1 amide bonds. The molecular weight excluding hydrogens is 526 g/mol. The molecule has 2 aliphatic rings. The normalized spacial score (nSPS) is 17.2. The van der Waals surface area contributed by atoms with Crippen LogP contribution in [0.5, 0.6) is 0 Å². The molecule has 2 heterocycles. The second-order valence-corrected chi connectivity index (χ2v) is 12.5. The number of carbonyl (C=O) groups excluding carboxylic acids is 1. The van der Waals surface area contributed by atoms with Gasteiger partial charge >= 0.3 is 0 Å². The minimum Gasteiger partial charge on any atom is -0.379 e. The first kappa shape index (κ1) is 24.7. The lowest BCUT2D eigenvalue weighted by molar-refractivity contribution is -0.114. The van der Waals surface area contributed by atoms with E-state index >= 15 is 0 Å². The highest BCUT2D eigenvalue weighted by molar-refractivity contribution is 7.93. The predicted octanol–water partition coefficient (Wildman–Crippen LogP) is 3.18. The van der Waals surface area contributed by atoms with Gasteiger partial charge in [-0.15, -0.1) is 0 Å². The van der Waals surface area contributed by atoms with Gasteiger partial charge in [-0.25, -0.2) is 16.8 Å². The summed E-state index contributed by atoms with van der Waals surface area (Å²) in [5.74, 6) is -0.581. The van der Waals surface area contributed by atoms with Gasteiger partial charge in [0.05, 0.1) is 28.7 Å². The van der Waals surface area contributed by atoms with Crippen LogP contribution in [0.15, 0.2) is 76.5 Å². The average Bonchev–Trinajstić information content (AvgIpc) is 2.88. The van der Waals surface area contributed by atoms with E-state index in [4.69, 9.17) is 16.3 Å². The number of amides is 1. The molecule has 3 aromatic carbocycles. The number of halogens is 1. The van der Waals surface area contributed by atoms with Crippen molar-refractivity contribution in [3.63, 3.8) is 0 Å². The molecule has 5 rings (SSSR count). The highest BCUT2D eigenvalue weighted by atomic mass is 35.5. The minimum atomic E-state index is -4.00. The van der Waals surface area contributed by atoms with Crippen LogP contribution in [-0.4, -0.2) is 59.9 Å². The number of fused-ring (bicyclic) bond motifs is 3. The zero-order valence-corrected chi connectivity index (χ0v) is 21.3. The highest BCUT2D eigenvalue weighted by Crippen LogP contribution is 2.43. The molecule has 0 atom stereocenters. The van der Waals surface area contributed by atoms with Crippen LogP contribution >= 0.6 is 11.6 Å². The molecule has 1 saturated heterocycles. The Bertz CT molecular complexity index is 1540. The van der Waals surface area contributed by atoms with Gasteiger partial charge in [-0.3, -0.25) is 9.10 Å². The Balaban J connectivity index is 1.37. The van der Waals surface area contributed by atoms with Crippen LogP contribution < -0.4 is 9.62 Å². The maximum atomic E-state index is 13.4. The van der Waals surface area contributed by atoms with Crippen molar-refractivity contribution in [1.82, 2.24) is 4.31 Å². The number of benzene rings is 3. The molecule has 0 unspecified atom stereocenters. The van der Waals surface area contributed by atoms with Crippen molar-refractivity contribution in [3.8, 4) is 11.1 Å². The third-order valence-electron chi connectivity index (χ3n) is 6.01. The van der Waals surface area contributed by atoms with Crippen LogP contribution in [0.25, 0.3) is 11.1 Å². The maximum Gasteiger partial charge on any atom is 0.265 e. The summed E-state index contributed by atoms with van der Waals surface area (Å²) in [4.78, 5) is 13.1. The number of rotatable bonds is 5. The lowest BCUT2D eigenvalue weighted by Gasteiger charge is -2.31. The van der Waals surface area contributed by atoms with Crippen molar-refractivity contribution in [1.29, 1.82) is 0 Å². The molecule has 0 spiro atoms. The lowest BCUT2D eigenvalue weighted by atomic mass is 10.0. The smallest absolute Gasteiger partial charge is 0.265 e. The van der Waals surface area contributed by atoms with Crippen molar-refractivity contribution < 1.29 is 26.4 Å². The molecule has 0 bridgehead atoms. The Kier molecular flexibility index (Phi) is 6.52. The number of hydrogen-bond acceptors (Lipinski definition) is 6. The average molecular weight is 548 g/mol. The predicted molar refractivity (Wildman–Crippen MR) is 136 cm³/mol. The summed E-state index contributed by atoms with van der Waals surface area (Å²) in [6, 6.07) is 17.1. The van der Waals surface area contributed by atoms with E-state index in [1.165, 1.54) is 34.6 Å². The van der Waals surface area contributed by atoms with E-state index in [9.17, 15) is 21.6 Å². The first-order valence-electron chi connectivity index (χ1n) is 11.1. The fraction of sp³-hybridized carbons (Fsp3) is 0.208. The second-order valence-electron chi connectivity index (χ2n) is 8.26. The van der Waals surface area contributed by atoms with Crippen LogP contribution in [0.1, 0.15) is 0 Å². The molecule has 1 fully saturated rings. The van der Waals surface area contributed by atoms with Gasteiger partial charge in [0.2, 0.25) is 15.9 Å². The number of carbonyl (C=O) groups is 1. The van der Waals surface area contributed by atoms with Crippen molar-refractivity contribution in [2.45, 2.75) is 9.79 Å². The Morgan fingerprint density at radius 3 is 2.39 bits per heavy atom. The Labute approximate surface area is 214 Å². The van der Waals surface area contributed by atoms with E-state index < -0.39 is 32.5 Å². The van der Waals surface area contributed by atoms with Crippen LogP contribution in [0.2, 0.25) is 5.02 Å². The molecule has 0 aliphatic carbocycles. The van der Waals surface area contributed by atoms with Crippen molar-refractivity contribution >= 4 is 48.9 Å². The number of anilines is 2. The molecule has 3 aromatic rings. The van der Waals surface area contributed by atoms with Gasteiger partial charge in [-0.1, -0.05) is 29.8 Å². The van der Waals surface area contributed by atoms with Crippen molar-refractivity contribution in [2.24, 2.45) is 0 Å². The standard InChI is InChI=1S/C24H22ClN3O6S2/c25-17-5-10-22-21(15-17)20-3-1-2-4-23(20)36(32,33)28(22)16-24(29)26-18-6-8-19(9-7-18)35(30,31)27-11-13-34-14-12-27/h1-10,15H,11-14,16H2,(H,26,29). The van der Waals surface area contributed by atoms with Crippen LogP contribution in [0.4, 0.5) is 11.4 Å². The van der Waals surface area contributed by atoms with E-state index in [1.807, 2.05) is 0 Å². The van der Waals surface area contributed by atoms with E-state index in [1.54, 1.807) is 36.4 Å². The summed E-state index contributed by atoms with van der Waals surface area (Å²) >= 11 is 6.17. The van der Waals surface area contributed by atoms with E-state index in [0.717, 1.165) is 4.31 Å². The first-order chi connectivity index (χ1) is 17.2. The molecule has 1 N–H and O–H groups in total. The second kappa shape index (κ2) is 9.49. The number of ether oxygens (including phenoxy) is 1. The Hall–Kier alpha value is -2.96. The number of morpholine rings is 1. The third kappa shape index (κ3) is 4.48. The SMILES string of the molecule is O=C(CN1c2ccc(Cl)cc2-c2ccccc2S1(=O)=O)Nc1ccc(S(=O)(=O)N2CCOCC2)cc1. The molecule has 188 valence electrons. The molecule has 36 heavy (non-hydrogen) atoms. The van der Waals surface area contributed by atoms with E-state index in [0.29, 0.717) is 40.7 Å². The Morgan fingerprint density at radius 1 is 0.972 bits per heavy atom. The molecule has 12 heteroatoms. The molecule has 2 aliphatic heterocycles. The zero-order valence-electron chi connectivity index (χ0n) is 18.9. The minimum absolute atomic E-state index is 0.0882. The van der Waals surface area contributed by atoms with Gasteiger partial charge in [0.1, 0.15) is 6.54 Å². The topological polar surface area (TPSA) is 113 Å². The van der Waals surface area contributed by atoms with E-state index in [2.05, 4.69) is 5.32 Å². The fourth-order valence-electron chi connectivity index (χ4n) is 4.25. The van der Waals surface area contributed by atoms with Crippen molar-refractivity contribution in [2.75, 3.05) is 42.5 Å². The van der Waals surface area contributed by atoms with Crippen molar-refractivity contribution in [3.05, 3.63) is 71.8 Å². The van der Waals surface area contributed by atoms with Crippen LogP contribution in [-0.2, 0) is 29.6 Å². The third-order valence-corrected chi connectivity index (χ3v) is 9.97. The largest absolute Gasteiger partial charge is 0.379 e. The molecule has 9 nitrogen and oxygen atoms in total. The number of nitrogens with one attached hydrogen (secondary N) is 1. The number of hydrogen-bond donors (Lipinski definition) is 1. The van der Waals surface area contributed by atoms with Crippen LogP contribution in [0.3, 0.4) is 0 Å².